The maximum atomic E-state index is 6.84. The predicted octanol–water partition coefficient (Wildman–Crippen LogP) is 10.5. The molecule has 0 fully saturated rings. The monoisotopic (exact) mass is 1160 g/mol. The number of hydrogen-bond donors (Lipinski definition) is 0. The molecule has 2 aliphatic heterocycles. The maximum absolute atomic E-state index is 6.84. The van der Waals surface area contributed by atoms with Gasteiger partial charge in [0, 0.05) is 156 Å². The Kier molecular flexibility index (Phi) is 15.2. The average Bonchev–Trinajstić information content (AvgIpc) is 4.34. The van der Waals surface area contributed by atoms with Crippen molar-refractivity contribution in [1.29, 1.82) is 0 Å². The largest absolute Gasteiger partial charge is 2.00 e. The van der Waals surface area contributed by atoms with Gasteiger partial charge in [-0.25, -0.2) is 9.97 Å². The fourth-order valence-corrected chi connectivity index (χ4v) is 10.9. The van der Waals surface area contributed by atoms with Crippen LogP contribution in [0.2, 0.25) is 0 Å². The molecule has 0 saturated heterocycles. The van der Waals surface area contributed by atoms with E-state index in [2.05, 4.69) is 75.4 Å². The molecule has 416 valence electrons. The number of ether oxygens (including phenoxy) is 4. The van der Waals surface area contributed by atoms with Crippen LogP contribution >= 0.6 is 0 Å². The van der Waals surface area contributed by atoms with Gasteiger partial charge in [0.05, 0.1) is 23.3 Å². The molecular weight excluding hydrogens is 1100 g/mol. The number of nitrogens with zero attached hydrogens (tertiary/aromatic N) is 12. The summed E-state index contributed by atoms with van der Waals surface area (Å²) in [5.74, 6) is 6.52. The van der Waals surface area contributed by atoms with E-state index in [-0.39, 0.29) is 31.3 Å². The van der Waals surface area contributed by atoms with E-state index in [0.29, 0.717) is 89.7 Å². The number of hydrogen-bond acceptors (Lipinski definition) is 14. The van der Waals surface area contributed by atoms with Gasteiger partial charge in [0.25, 0.3) is 0 Å². The molecule has 0 spiro atoms. The summed E-state index contributed by atoms with van der Waals surface area (Å²) in [5, 5.41) is 3.17. The van der Waals surface area contributed by atoms with E-state index in [9.17, 15) is 0 Å². The smallest absolute Gasteiger partial charge is 0.489 e. The Morgan fingerprint density at radius 2 is 1.02 bits per heavy atom. The van der Waals surface area contributed by atoms with E-state index in [0.717, 1.165) is 89.4 Å². The van der Waals surface area contributed by atoms with Crippen molar-refractivity contribution >= 4 is 79.4 Å². The zero-order valence-electron chi connectivity index (χ0n) is 48.4. The molecule has 5 aromatic carbocycles. The van der Waals surface area contributed by atoms with E-state index in [1.54, 1.807) is 0 Å². The number of aromatic nitrogens is 8. The Balaban J connectivity index is 0.00000694. The Morgan fingerprint density at radius 1 is 0.476 bits per heavy atom. The van der Waals surface area contributed by atoms with Crippen LogP contribution in [0.3, 0.4) is 0 Å². The Bertz CT molecular complexity index is 4380. The van der Waals surface area contributed by atoms with Crippen molar-refractivity contribution < 1.29 is 38.4 Å². The van der Waals surface area contributed by atoms with Crippen LogP contribution in [0.5, 0.6) is 23.0 Å². The summed E-state index contributed by atoms with van der Waals surface area (Å²) in [5.41, 5.74) is 8.62. The topological polar surface area (TPSA) is 155 Å². The van der Waals surface area contributed by atoms with E-state index >= 15 is 0 Å². The molecule has 3 aliphatic carbocycles. The summed E-state index contributed by atoms with van der Waals surface area (Å²) < 4.78 is 26.5. The molecule has 5 heterocycles. The second-order valence-corrected chi connectivity index (χ2v) is 21.9. The molecule has 8 bridgehead atoms. The zero-order chi connectivity index (χ0) is 56.9. The second-order valence-electron chi connectivity index (χ2n) is 21.9. The number of fused-ring (bicyclic) bond motifs is 20. The predicted molar refractivity (Wildman–Crippen MR) is 329 cm³/mol. The fraction of sp³-hybridized carbons (Fsp3) is 0.224. The molecule has 0 saturated carbocycles. The average molecular weight is 1160 g/mol. The Morgan fingerprint density at radius 3 is 1.70 bits per heavy atom. The van der Waals surface area contributed by atoms with Crippen LogP contribution in [0, 0.1) is 0 Å². The number of anilines is 4. The molecule has 13 rings (SSSR count). The van der Waals surface area contributed by atoms with Crippen LogP contribution < -0.4 is 59.0 Å². The van der Waals surface area contributed by atoms with Crippen molar-refractivity contribution in [2.45, 2.75) is 44.1 Å². The van der Waals surface area contributed by atoms with Crippen LogP contribution in [-0.2, 0) is 26.1 Å². The molecule has 2 atom stereocenters. The van der Waals surface area contributed by atoms with Gasteiger partial charge in [-0.1, -0.05) is 54.6 Å². The number of rotatable bonds is 13. The van der Waals surface area contributed by atoms with Crippen molar-refractivity contribution in [3.05, 3.63) is 202 Å². The van der Waals surface area contributed by atoms with Gasteiger partial charge in [0.1, 0.15) is 46.9 Å². The quantitative estimate of drug-likeness (QED) is 0.100. The molecule has 0 amide bonds. The van der Waals surface area contributed by atoms with Crippen LogP contribution in [0.4, 0.5) is 22.7 Å². The minimum absolute atomic E-state index is 0. The molecular formula is C67H62N12O4Zn. The van der Waals surface area contributed by atoms with Gasteiger partial charge in [-0.2, -0.15) is 0 Å². The molecule has 84 heavy (non-hydrogen) atoms. The zero-order valence-corrected chi connectivity index (χ0v) is 51.4. The summed E-state index contributed by atoms with van der Waals surface area (Å²) in [6, 6.07) is 38.4. The Labute approximate surface area is 500 Å². The SMILES string of the molecule is CN(C)c1cccc(OCc2ccc3c4nc5nc(nc6[n-]c(nc7nc(nc([n-]4)c3c2)C2=CCC(Oc3cccc(N(C)C)c3)=CCC27)c2c6=CC=C(Oc3cccc(N(C)C)c3)CC=2)C2=C(Oc3cccc(N(C)C)c3)C=CCC25)c1.[Zn+2]. The van der Waals surface area contributed by atoms with Gasteiger partial charge in [-0.3, -0.25) is 0 Å². The first-order chi connectivity index (χ1) is 40.3. The summed E-state index contributed by atoms with van der Waals surface area (Å²) in [7, 11) is 16.1. The minimum Gasteiger partial charge on any atom is -0.489 e. The molecule has 17 heteroatoms. The molecule has 0 N–H and O–H groups in total. The standard InChI is InChI=1S/C67H62N12O4.Zn/c1-76(2)41-14-9-18-47(35-41)80-39-40-24-29-55-57(34-40)66-72-62-52-31-26-45(81-48-19-10-15-42(36-48)77(3)4)25-30-51(52)60(69-62)68-61-53-32-27-46(82-49-20-11-16-43(37-49)78(5)6)28-33-54(53)63(70-61)74-67-59-56(65(75-67)71-64(55)73-66)22-13-23-58(59)83-50-21-12-17-44(38-50)79(7)8;/h9-21,23-25,28-29,31-38,51,56H,22,26-27,30,39H2,1-8H3;/q-2;+2. The van der Waals surface area contributed by atoms with Gasteiger partial charge in [-0.15, -0.1) is 0 Å². The molecule has 8 aromatic rings. The van der Waals surface area contributed by atoms with Gasteiger partial charge < -0.3 is 68.5 Å². The first-order valence-corrected chi connectivity index (χ1v) is 27.9. The summed E-state index contributed by atoms with van der Waals surface area (Å²) in [4.78, 5) is 51.1. The minimum atomic E-state index is -0.326. The summed E-state index contributed by atoms with van der Waals surface area (Å²) in [6.45, 7) is 0.316. The first-order valence-electron chi connectivity index (χ1n) is 27.9. The van der Waals surface area contributed by atoms with E-state index < -0.39 is 0 Å². The number of benzene rings is 5. The van der Waals surface area contributed by atoms with Crippen molar-refractivity contribution in [3.8, 4) is 23.0 Å². The Hall–Kier alpha value is -9.34. The molecule has 3 aromatic heterocycles. The number of allylic oxidation sites excluding steroid dienone is 8. The van der Waals surface area contributed by atoms with Crippen LogP contribution in [-0.4, -0.2) is 86.3 Å². The normalized spacial score (nSPS) is 15.9. The van der Waals surface area contributed by atoms with Gasteiger partial charge >= 0.3 is 19.5 Å². The van der Waals surface area contributed by atoms with Crippen LogP contribution in [0.15, 0.2) is 163 Å². The third-order valence-corrected chi connectivity index (χ3v) is 15.3. The van der Waals surface area contributed by atoms with Crippen molar-refractivity contribution in [3.63, 3.8) is 0 Å². The maximum Gasteiger partial charge on any atom is 2.00 e. The van der Waals surface area contributed by atoms with Gasteiger partial charge in [0.2, 0.25) is 0 Å². The van der Waals surface area contributed by atoms with Crippen LogP contribution in [0.1, 0.15) is 66.4 Å². The molecule has 16 nitrogen and oxygen atoms in total. The van der Waals surface area contributed by atoms with Crippen LogP contribution in [0.25, 0.3) is 56.7 Å². The molecule has 5 aliphatic rings. The van der Waals surface area contributed by atoms with E-state index in [1.165, 1.54) is 0 Å². The second kappa shape index (κ2) is 23.1. The third kappa shape index (κ3) is 11.2. The fourth-order valence-electron chi connectivity index (χ4n) is 10.9. The van der Waals surface area contributed by atoms with Gasteiger partial charge in [0.15, 0.2) is 0 Å². The third-order valence-electron chi connectivity index (χ3n) is 15.3. The first kappa shape index (κ1) is 55.2. The van der Waals surface area contributed by atoms with Gasteiger partial charge in [-0.05, 0) is 124 Å². The van der Waals surface area contributed by atoms with Crippen molar-refractivity contribution in [2.75, 3.05) is 76.0 Å². The summed E-state index contributed by atoms with van der Waals surface area (Å²) in [6.07, 6.45) is 16.7. The molecule has 0 radical (unpaired) electrons. The van der Waals surface area contributed by atoms with Crippen molar-refractivity contribution in [1.82, 2.24) is 39.9 Å². The van der Waals surface area contributed by atoms with Crippen molar-refractivity contribution in [2.24, 2.45) is 0 Å². The van der Waals surface area contributed by atoms with E-state index in [4.69, 9.17) is 58.8 Å². The summed E-state index contributed by atoms with van der Waals surface area (Å²) >= 11 is 0. The molecule has 2 unspecified atom stereocenters. The van der Waals surface area contributed by atoms with E-state index in [1.807, 2.05) is 158 Å².